The van der Waals surface area contributed by atoms with Crippen LogP contribution in [0.5, 0.6) is 0 Å². The number of carboxylic acid groups (broad SMARTS) is 1. The summed E-state index contributed by atoms with van der Waals surface area (Å²) in [5, 5.41) is 9.25. The Kier molecular flexibility index (Phi) is 3.33. The summed E-state index contributed by atoms with van der Waals surface area (Å²) in [6, 6.07) is 8.36. The highest BCUT2D eigenvalue weighted by molar-refractivity contribution is 5.65. The molecule has 0 aromatic heterocycles. The second kappa shape index (κ2) is 4.63. The fraction of sp³-hybridized carbons (Fsp3) is 0.533. The van der Waals surface area contributed by atoms with E-state index in [1.54, 1.807) is 4.90 Å². The molecule has 1 amide bonds. The Labute approximate surface area is 108 Å². The van der Waals surface area contributed by atoms with E-state index >= 15 is 0 Å². The third-order valence-electron chi connectivity index (χ3n) is 3.80. The molecule has 1 atom stereocenters. The fourth-order valence-electron chi connectivity index (χ4n) is 2.68. The third kappa shape index (κ3) is 2.50. The van der Waals surface area contributed by atoms with Crippen molar-refractivity contribution in [1.82, 2.24) is 4.90 Å². The molecule has 0 radical (unpaired) electrons. The van der Waals surface area contributed by atoms with E-state index in [-0.39, 0.29) is 11.3 Å². The Morgan fingerprint density at radius 3 is 2.61 bits per heavy atom. The van der Waals surface area contributed by atoms with Crippen LogP contribution in [0.2, 0.25) is 0 Å². The summed E-state index contributed by atoms with van der Waals surface area (Å²) < 4.78 is 0. The normalized spacial score (nSPS) is 20.2. The Hall–Kier alpha value is -1.51. The third-order valence-corrected chi connectivity index (χ3v) is 3.80. The first kappa shape index (κ1) is 12.9. The van der Waals surface area contributed by atoms with Crippen LogP contribution in [0.1, 0.15) is 37.8 Å². The first-order chi connectivity index (χ1) is 8.39. The molecular formula is C15H21NO2. The summed E-state index contributed by atoms with van der Waals surface area (Å²) in [6.07, 6.45) is 0.00626. The maximum absolute atomic E-state index is 11.3. The lowest BCUT2D eigenvalue weighted by Gasteiger charge is -2.33. The zero-order valence-corrected chi connectivity index (χ0v) is 11.3. The lowest BCUT2D eigenvalue weighted by Crippen LogP contribution is -2.36. The predicted molar refractivity (Wildman–Crippen MR) is 71.9 cm³/mol. The minimum atomic E-state index is -0.808. The lowest BCUT2D eigenvalue weighted by molar-refractivity contribution is 0.135. The number of rotatable bonds is 0. The molecular weight excluding hydrogens is 226 g/mol. The first-order valence-electron chi connectivity index (χ1n) is 6.45. The lowest BCUT2D eigenvalue weighted by atomic mass is 9.75. The molecule has 0 spiro atoms. The number of fused-ring (bicyclic) bond motifs is 1. The van der Waals surface area contributed by atoms with Crippen LogP contribution in [0.15, 0.2) is 24.3 Å². The Morgan fingerprint density at radius 1 is 1.33 bits per heavy atom. The van der Waals surface area contributed by atoms with Crippen molar-refractivity contribution < 1.29 is 9.90 Å². The number of hydrogen-bond acceptors (Lipinski definition) is 1. The van der Waals surface area contributed by atoms with E-state index in [1.807, 2.05) is 12.1 Å². The van der Waals surface area contributed by atoms with E-state index in [0.717, 1.165) is 6.42 Å². The zero-order chi connectivity index (χ0) is 13.3. The molecule has 98 valence electrons. The standard InChI is InChI=1S/C15H21NO2/c1-15(2,3)13-10-16(14(17)18)9-8-11-6-4-5-7-12(11)13/h4-7,13H,8-10H2,1-3H3,(H,17,18). The van der Waals surface area contributed by atoms with Gasteiger partial charge in [0, 0.05) is 19.0 Å². The molecule has 1 unspecified atom stereocenters. The summed E-state index contributed by atoms with van der Waals surface area (Å²) in [7, 11) is 0. The largest absolute Gasteiger partial charge is 0.465 e. The van der Waals surface area contributed by atoms with Crippen LogP contribution >= 0.6 is 0 Å². The van der Waals surface area contributed by atoms with Crippen molar-refractivity contribution in [2.45, 2.75) is 33.1 Å². The molecule has 2 rings (SSSR count). The molecule has 1 aromatic rings. The molecule has 1 aliphatic heterocycles. The molecule has 0 aliphatic carbocycles. The summed E-state index contributed by atoms with van der Waals surface area (Å²) in [6.45, 7) is 7.73. The average Bonchev–Trinajstić information content (AvgIpc) is 2.47. The van der Waals surface area contributed by atoms with Gasteiger partial charge in [-0.3, -0.25) is 0 Å². The maximum atomic E-state index is 11.3. The smallest absolute Gasteiger partial charge is 0.407 e. The summed E-state index contributed by atoms with van der Waals surface area (Å²) in [5.74, 6) is 0.257. The van der Waals surface area contributed by atoms with E-state index in [1.165, 1.54) is 11.1 Å². The Balaban J connectivity index is 2.42. The van der Waals surface area contributed by atoms with Crippen LogP contribution in [-0.2, 0) is 6.42 Å². The van der Waals surface area contributed by atoms with Crippen LogP contribution in [0.3, 0.4) is 0 Å². The molecule has 1 aromatic carbocycles. The van der Waals surface area contributed by atoms with E-state index < -0.39 is 6.09 Å². The van der Waals surface area contributed by atoms with Crippen molar-refractivity contribution >= 4 is 6.09 Å². The van der Waals surface area contributed by atoms with Crippen molar-refractivity contribution in [2.24, 2.45) is 5.41 Å². The monoisotopic (exact) mass is 247 g/mol. The molecule has 1 heterocycles. The van der Waals surface area contributed by atoms with E-state index in [4.69, 9.17) is 0 Å². The van der Waals surface area contributed by atoms with E-state index in [2.05, 4.69) is 32.9 Å². The summed E-state index contributed by atoms with van der Waals surface area (Å²) in [5.41, 5.74) is 2.67. The molecule has 1 N–H and O–H groups in total. The molecule has 3 nitrogen and oxygen atoms in total. The fourth-order valence-corrected chi connectivity index (χ4v) is 2.68. The van der Waals surface area contributed by atoms with Gasteiger partial charge in [-0.15, -0.1) is 0 Å². The van der Waals surface area contributed by atoms with Crippen molar-refractivity contribution in [3.8, 4) is 0 Å². The molecule has 0 saturated carbocycles. The predicted octanol–water partition coefficient (Wildman–Crippen LogP) is 3.35. The van der Waals surface area contributed by atoms with Gasteiger partial charge in [0.25, 0.3) is 0 Å². The van der Waals surface area contributed by atoms with Crippen LogP contribution in [0, 0.1) is 5.41 Å². The van der Waals surface area contributed by atoms with E-state index in [0.29, 0.717) is 13.1 Å². The molecule has 1 aliphatic rings. The molecule has 0 saturated heterocycles. The van der Waals surface area contributed by atoms with Gasteiger partial charge < -0.3 is 10.0 Å². The number of nitrogens with zero attached hydrogens (tertiary/aromatic N) is 1. The molecule has 3 heteroatoms. The Morgan fingerprint density at radius 2 is 2.00 bits per heavy atom. The molecule has 0 bridgehead atoms. The highest BCUT2D eigenvalue weighted by atomic mass is 16.4. The number of hydrogen-bond donors (Lipinski definition) is 1. The van der Waals surface area contributed by atoms with Gasteiger partial charge in [0.15, 0.2) is 0 Å². The molecule has 0 fully saturated rings. The number of amides is 1. The minimum absolute atomic E-state index is 0.0636. The van der Waals surface area contributed by atoms with Gasteiger partial charge in [0.05, 0.1) is 0 Å². The number of benzene rings is 1. The van der Waals surface area contributed by atoms with Crippen molar-refractivity contribution in [2.75, 3.05) is 13.1 Å². The first-order valence-corrected chi connectivity index (χ1v) is 6.45. The summed E-state index contributed by atoms with van der Waals surface area (Å²) >= 11 is 0. The van der Waals surface area contributed by atoms with Crippen molar-refractivity contribution in [1.29, 1.82) is 0 Å². The Bertz CT molecular complexity index is 448. The van der Waals surface area contributed by atoms with E-state index in [9.17, 15) is 9.90 Å². The van der Waals surface area contributed by atoms with Crippen LogP contribution < -0.4 is 0 Å². The average molecular weight is 247 g/mol. The van der Waals surface area contributed by atoms with Crippen LogP contribution in [0.4, 0.5) is 4.79 Å². The SMILES string of the molecule is CC(C)(C)C1CN(C(=O)O)CCc2ccccc21. The van der Waals surface area contributed by atoms with Crippen LogP contribution in [0.25, 0.3) is 0 Å². The van der Waals surface area contributed by atoms with Gasteiger partial charge in [-0.1, -0.05) is 45.0 Å². The van der Waals surface area contributed by atoms with Gasteiger partial charge in [-0.2, -0.15) is 0 Å². The highest BCUT2D eigenvalue weighted by Crippen LogP contribution is 2.38. The highest BCUT2D eigenvalue weighted by Gasteiger charge is 2.33. The van der Waals surface area contributed by atoms with Gasteiger partial charge in [-0.25, -0.2) is 4.79 Å². The quantitative estimate of drug-likeness (QED) is 0.763. The van der Waals surface area contributed by atoms with Crippen molar-refractivity contribution in [3.05, 3.63) is 35.4 Å². The maximum Gasteiger partial charge on any atom is 0.407 e. The topological polar surface area (TPSA) is 40.5 Å². The van der Waals surface area contributed by atoms with Gasteiger partial charge >= 0.3 is 6.09 Å². The van der Waals surface area contributed by atoms with Gasteiger partial charge in [0.1, 0.15) is 0 Å². The van der Waals surface area contributed by atoms with Crippen molar-refractivity contribution in [3.63, 3.8) is 0 Å². The molecule has 18 heavy (non-hydrogen) atoms. The van der Waals surface area contributed by atoms with Gasteiger partial charge in [0.2, 0.25) is 0 Å². The minimum Gasteiger partial charge on any atom is -0.465 e. The number of carbonyl (C=O) groups is 1. The zero-order valence-electron chi connectivity index (χ0n) is 11.3. The van der Waals surface area contributed by atoms with Crippen LogP contribution in [-0.4, -0.2) is 29.2 Å². The second-order valence-electron chi connectivity index (χ2n) is 6.10. The second-order valence-corrected chi connectivity index (χ2v) is 6.10. The summed E-state index contributed by atoms with van der Waals surface area (Å²) in [4.78, 5) is 12.8. The van der Waals surface area contributed by atoms with Gasteiger partial charge in [-0.05, 0) is 23.0 Å².